The molecule has 50 heavy (non-hydrogen) atoms. The first kappa shape index (κ1) is 28.4. The fourth-order valence-corrected chi connectivity index (χ4v) is 7.69. The summed E-state index contributed by atoms with van der Waals surface area (Å²) in [6.45, 7) is 0. The summed E-state index contributed by atoms with van der Waals surface area (Å²) in [6, 6.07) is 54.7. The van der Waals surface area contributed by atoms with Gasteiger partial charge in [-0.05, 0) is 53.1 Å². The fourth-order valence-electron chi connectivity index (χ4n) is 7.69. The molecular formula is C45H30N4O. The average molecular weight is 643 g/mol. The third-order valence-corrected chi connectivity index (χ3v) is 9.86. The first-order valence-corrected chi connectivity index (χ1v) is 16.9. The Morgan fingerprint density at radius 2 is 1.06 bits per heavy atom. The van der Waals surface area contributed by atoms with Gasteiger partial charge >= 0.3 is 0 Å². The molecule has 0 saturated carbocycles. The third kappa shape index (κ3) is 4.59. The summed E-state index contributed by atoms with van der Waals surface area (Å²) in [5, 5.41) is 1.12. The number of nitrogens with zero attached hydrogens (tertiary/aromatic N) is 4. The molecular weight excluding hydrogens is 613 g/mol. The number of rotatable bonds is 5. The van der Waals surface area contributed by atoms with Crippen molar-refractivity contribution >= 4 is 28.4 Å². The molecule has 0 bridgehead atoms. The smallest absolute Gasteiger partial charge is 0.164 e. The highest BCUT2D eigenvalue weighted by molar-refractivity contribution is 6.03. The zero-order chi connectivity index (χ0) is 33.0. The molecule has 236 valence electrons. The minimum absolute atomic E-state index is 0.0903. The van der Waals surface area contributed by atoms with Crippen molar-refractivity contribution in [3.8, 4) is 45.3 Å². The maximum atomic E-state index is 6.83. The van der Waals surface area contributed by atoms with Crippen LogP contribution in [0.4, 0.5) is 11.4 Å². The second-order valence-electron chi connectivity index (χ2n) is 12.8. The normalized spacial score (nSPS) is 15.9. The van der Waals surface area contributed by atoms with Gasteiger partial charge in [0.2, 0.25) is 0 Å². The number of fused-ring (bicyclic) bond motifs is 7. The average Bonchev–Trinajstić information content (AvgIpc) is 3.74. The molecule has 1 aliphatic carbocycles. The minimum Gasteiger partial charge on any atom is -0.456 e. The van der Waals surface area contributed by atoms with Crippen molar-refractivity contribution < 1.29 is 4.42 Å². The van der Waals surface area contributed by atoms with E-state index in [2.05, 4.69) is 114 Å². The minimum atomic E-state index is 0.0903. The Morgan fingerprint density at radius 3 is 1.70 bits per heavy atom. The molecule has 6 aromatic carbocycles. The summed E-state index contributed by atoms with van der Waals surface area (Å²) in [6.07, 6.45) is 4.46. The highest BCUT2D eigenvalue weighted by atomic mass is 16.3. The van der Waals surface area contributed by atoms with Crippen LogP contribution in [0.2, 0.25) is 0 Å². The van der Waals surface area contributed by atoms with Gasteiger partial charge in [-0.3, -0.25) is 0 Å². The molecule has 10 rings (SSSR count). The predicted octanol–water partition coefficient (Wildman–Crippen LogP) is 11.0. The Labute approximate surface area is 289 Å². The first-order valence-electron chi connectivity index (χ1n) is 16.9. The van der Waals surface area contributed by atoms with Crippen LogP contribution in [0.15, 0.2) is 168 Å². The molecule has 8 aromatic rings. The number of benzene rings is 6. The molecule has 2 aromatic heterocycles. The van der Waals surface area contributed by atoms with E-state index in [1.54, 1.807) is 0 Å². The van der Waals surface area contributed by atoms with Crippen LogP contribution >= 0.6 is 0 Å². The second kappa shape index (κ2) is 11.5. The summed E-state index contributed by atoms with van der Waals surface area (Å²) in [5.41, 5.74) is 10.7. The summed E-state index contributed by atoms with van der Waals surface area (Å²) in [4.78, 5) is 17.5. The molecule has 0 fully saturated rings. The summed E-state index contributed by atoms with van der Waals surface area (Å²) in [7, 11) is 0. The number of hydrogen-bond donors (Lipinski definition) is 0. The van der Waals surface area contributed by atoms with Crippen LogP contribution < -0.4 is 4.90 Å². The fraction of sp³-hybridized carbons (Fsp3) is 0.0444. The largest absolute Gasteiger partial charge is 0.456 e. The molecule has 3 heterocycles. The second-order valence-corrected chi connectivity index (χ2v) is 12.8. The Morgan fingerprint density at radius 1 is 0.520 bits per heavy atom. The molecule has 1 aliphatic heterocycles. The van der Waals surface area contributed by atoms with Crippen molar-refractivity contribution in [2.75, 3.05) is 4.90 Å². The zero-order valence-electron chi connectivity index (χ0n) is 27.0. The van der Waals surface area contributed by atoms with E-state index < -0.39 is 0 Å². The molecule has 2 atom stereocenters. The van der Waals surface area contributed by atoms with E-state index >= 15 is 0 Å². The Hall–Kier alpha value is -6.59. The molecule has 0 amide bonds. The van der Waals surface area contributed by atoms with Gasteiger partial charge in [0, 0.05) is 44.9 Å². The van der Waals surface area contributed by atoms with Gasteiger partial charge in [0.15, 0.2) is 17.5 Å². The van der Waals surface area contributed by atoms with Crippen LogP contribution in [0.3, 0.4) is 0 Å². The van der Waals surface area contributed by atoms with Crippen LogP contribution in [0.5, 0.6) is 0 Å². The molecule has 5 heteroatoms. The van der Waals surface area contributed by atoms with Gasteiger partial charge in [0.05, 0.1) is 6.04 Å². The van der Waals surface area contributed by atoms with Crippen LogP contribution in [0.25, 0.3) is 62.3 Å². The zero-order valence-corrected chi connectivity index (χ0v) is 27.0. The van der Waals surface area contributed by atoms with E-state index in [1.165, 1.54) is 22.5 Å². The van der Waals surface area contributed by atoms with Crippen molar-refractivity contribution in [3.05, 3.63) is 181 Å². The molecule has 5 nitrogen and oxygen atoms in total. The van der Waals surface area contributed by atoms with E-state index in [0.29, 0.717) is 17.5 Å². The van der Waals surface area contributed by atoms with E-state index in [0.717, 1.165) is 44.5 Å². The lowest BCUT2D eigenvalue weighted by Gasteiger charge is -2.30. The highest BCUT2D eigenvalue weighted by Crippen LogP contribution is 2.54. The summed E-state index contributed by atoms with van der Waals surface area (Å²) >= 11 is 0. The number of para-hydroxylation sites is 2. The van der Waals surface area contributed by atoms with Crippen molar-refractivity contribution in [3.63, 3.8) is 0 Å². The van der Waals surface area contributed by atoms with Gasteiger partial charge in [-0.2, -0.15) is 0 Å². The summed E-state index contributed by atoms with van der Waals surface area (Å²) in [5.74, 6) is 2.84. The Kier molecular flexibility index (Phi) is 6.56. The van der Waals surface area contributed by atoms with Gasteiger partial charge in [0.25, 0.3) is 0 Å². The van der Waals surface area contributed by atoms with Gasteiger partial charge in [0.1, 0.15) is 11.3 Å². The van der Waals surface area contributed by atoms with Gasteiger partial charge in [-0.15, -0.1) is 0 Å². The van der Waals surface area contributed by atoms with E-state index in [-0.39, 0.29) is 12.0 Å². The van der Waals surface area contributed by atoms with Crippen LogP contribution in [0, 0.1) is 0 Å². The quantitative estimate of drug-likeness (QED) is 0.187. The number of aromatic nitrogens is 3. The number of anilines is 2. The molecule has 0 radical (unpaired) electrons. The molecule has 0 spiro atoms. The molecule has 2 aliphatic rings. The number of hydrogen-bond acceptors (Lipinski definition) is 5. The van der Waals surface area contributed by atoms with E-state index in [1.807, 2.05) is 60.7 Å². The predicted molar refractivity (Wildman–Crippen MR) is 201 cm³/mol. The SMILES string of the molecule is C1=CC2C(c3ccccc3N2c2ccccc2)c2c1oc1cc(-c3nc(-c4ccccc4)nc(-c4ccccc4)n3)cc(-c3ccccc3)c21. The summed E-state index contributed by atoms with van der Waals surface area (Å²) < 4.78 is 6.83. The highest BCUT2D eigenvalue weighted by Gasteiger charge is 2.43. The topological polar surface area (TPSA) is 55.1 Å². The maximum absolute atomic E-state index is 6.83. The Bertz CT molecular complexity index is 2490. The van der Waals surface area contributed by atoms with Crippen LogP contribution in [0.1, 0.15) is 22.8 Å². The lowest BCUT2D eigenvalue weighted by Crippen LogP contribution is -2.30. The first-order chi connectivity index (χ1) is 24.8. The van der Waals surface area contributed by atoms with E-state index in [4.69, 9.17) is 19.4 Å². The lowest BCUT2D eigenvalue weighted by atomic mass is 9.81. The van der Waals surface area contributed by atoms with Crippen LogP contribution in [-0.4, -0.2) is 21.0 Å². The van der Waals surface area contributed by atoms with Crippen LogP contribution in [-0.2, 0) is 0 Å². The monoisotopic (exact) mass is 642 g/mol. The Balaban J connectivity index is 1.21. The molecule has 0 N–H and O–H groups in total. The van der Waals surface area contributed by atoms with E-state index in [9.17, 15) is 0 Å². The standard InChI is InChI=1S/C45H30N4O/c1-5-15-29(16-6-1)35-27-32(45-47-43(30-17-7-2-8-18-30)46-44(48-45)31-19-9-3-10-20-31)28-39-41(35)42-38(50-39)26-25-37-40(42)34-23-13-14-24-36(34)49(37)33-21-11-4-12-22-33/h1-28,37,40H. The van der Waals surface area contributed by atoms with Gasteiger partial charge < -0.3 is 9.32 Å². The molecule has 2 unspecified atom stereocenters. The van der Waals surface area contributed by atoms with Crippen molar-refractivity contribution in [2.45, 2.75) is 12.0 Å². The van der Waals surface area contributed by atoms with Gasteiger partial charge in [-0.25, -0.2) is 15.0 Å². The molecule has 0 saturated heterocycles. The van der Waals surface area contributed by atoms with Crippen molar-refractivity contribution in [1.29, 1.82) is 0 Å². The van der Waals surface area contributed by atoms with Gasteiger partial charge in [-0.1, -0.05) is 133 Å². The third-order valence-electron chi connectivity index (χ3n) is 9.86. The van der Waals surface area contributed by atoms with Crippen molar-refractivity contribution in [2.24, 2.45) is 0 Å². The maximum Gasteiger partial charge on any atom is 0.164 e. The number of furan rings is 1. The lowest BCUT2D eigenvalue weighted by molar-refractivity contribution is 0.584. The van der Waals surface area contributed by atoms with Crippen molar-refractivity contribution in [1.82, 2.24) is 15.0 Å².